The van der Waals surface area contributed by atoms with Gasteiger partial charge in [0, 0.05) is 17.9 Å². The number of unbranched alkanes of at least 4 members (excludes halogenated alkanes) is 2. The number of allylic oxidation sites excluding steroid dienone is 1. The Morgan fingerprint density at radius 3 is 2.78 bits per heavy atom. The maximum atomic E-state index is 12.6. The van der Waals surface area contributed by atoms with Gasteiger partial charge < -0.3 is 9.47 Å². The van der Waals surface area contributed by atoms with Crippen LogP contribution < -0.4 is 0 Å². The first-order valence-electron chi connectivity index (χ1n) is 10.7. The first-order chi connectivity index (χ1) is 13.1. The van der Waals surface area contributed by atoms with Gasteiger partial charge in [0.15, 0.2) is 5.78 Å². The second-order valence-electron chi connectivity index (χ2n) is 8.31. The third-order valence-corrected chi connectivity index (χ3v) is 6.32. The number of fused-ring (bicyclic) bond motifs is 1. The van der Waals surface area contributed by atoms with E-state index in [4.69, 9.17) is 9.47 Å². The number of hydrogen-bond acceptors (Lipinski definition) is 3. The van der Waals surface area contributed by atoms with Crippen molar-refractivity contribution in [3.63, 3.8) is 0 Å². The minimum absolute atomic E-state index is 0.105. The number of ether oxygens (including phenoxy) is 2. The Kier molecular flexibility index (Phi) is 7.12. The fourth-order valence-corrected chi connectivity index (χ4v) is 4.54. The largest absolute Gasteiger partial charge is 0.492 e. The second-order valence-corrected chi connectivity index (χ2v) is 8.31. The highest BCUT2D eigenvalue weighted by molar-refractivity contribution is 5.96. The molecule has 148 valence electrons. The fraction of sp³-hybridized carbons (Fsp3) is 0.625. The normalized spacial score (nSPS) is 27.9. The Morgan fingerprint density at radius 1 is 1.26 bits per heavy atom. The monoisotopic (exact) mass is 370 g/mol. The summed E-state index contributed by atoms with van der Waals surface area (Å²) in [6.07, 6.45) is 7.78. The number of carbonyl (C=O) groups is 1. The van der Waals surface area contributed by atoms with E-state index in [1.165, 1.54) is 19.3 Å². The van der Waals surface area contributed by atoms with E-state index in [2.05, 4.69) is 20.4 Å². The minimum Gasteiger partial charge on any atom is -0.492 e. The predicted octanol–water partition coefficient (Wildman–Crippen LogP) is 5.80. The Balaban J connectivity index is 1.50. The number of benzene rings is 1. The maximum absolute atomic E-state index is 12.6. The van der Waals surface area contributed by atoms with E-state index in [9.17, 15) is 4.79 Å². The molecule has 2 fully saturated rings. The molecule has 1 aliphatic heterocycles. The summed E-state index contributed by atoms with van der Waals surface area (Å²) in [5.41, 5.74) is 0.807. The van der Waals surface area contributed by atoms with Crippen LogP contribution in [-0.2, 0) is 9.47 Å². The average Bonchev–Trinajstić information content (AvgIpc) is 3.26. The lowest BCUT2D eigenvalue weighted by Crippen LogP contribution is -2.28. The van der Waals surface area contributed by atoms with Crippen molar-refractivity contribution < 1.29 is 14.3 Å². The van der Waals surface area contributed by atoms with Crippen LogP contribution in [0.25, 0.3) is 0 Å². The Labute approximate surface area is 164 Å². The van der Waals surface area contributed by atoms with Crippen molar-refractivity contribution >= 4 is 5.78 Å². The molecule has 0 radical (unpaired) electrons. The van der Waals surface area contributed by atoms with Gasteiger partial charge in [-0.05, 0) is 31.1 Å². The van der Waals surface area contributed by atoms with E-state index in [0.29, 0.717) is 30.8 Å². The van der Waals surface area contributed by atoms with Crippen LogP contribution in [0.5, 0.6) is 0 Å². The quantitative estimate of drug-likeness (QED) is 0.297. The Hall–Kier alpha value is -1.61. The SMILES string of the molecule is C=C(O[C@@H]1CCC2[C@H](CC(=O)c3ccccc3)CO[C@@H]21)C(C)CCCCC. The zero-order valence-electron chi connectivity index (χ0n) is 16.9. The molecule has 1 aromatic carbocycles. The van der Waals surface area contributed by atoms with Crippen LogP contribution in [0, 0.1) is 17.8 Å². The smallest absolute Gasteiger partial charge is 0.163 e. The van der Waals surface area contributed by atoms with Crippen molar-refractivity contribution in [2.45, 2.75) is 71.0 Å². The summed E-state index contributed by atoms with van der Waals surface area (Å²) < 4.78 is 12.4. The van der Waals surface area contributed by atoms with Crippen molar-refractivity contribution in [2.75, 3.05) is 6.61 Å². The van der Waals surface area contributed by atoms with Crippen LogP contribution in [0.1, 0.15) is 69.2 Å². The predicted molar refractivity (Wildman–Crippen MR) is 109 cm³/mol. The van der Waals surface area contributed by atoms with Gasteiger partial charge in [-0.25, -0.2) is 0 Å². The maximum Gasteiger partial charge on any atom is 0.163 e. The van der Waals surface area contributed by atoms with Gasteiger partial charge in [-0.2, -0.15) is 0 Å². The molecule has 0 N–H and O–H groups in total. The topological polar surface area (TPSA) is 35.5 Å². The number of ketones is 1. The van der Waals surface area contributed by atoms with Crippen LogP contribution in [0.3, 0.4) is 0 Å². The molecule has 0 amide bonds. The zero-order chi connectivity index (χ0) is 19.2. The van der Waals surface area contributed by atoms with Gasteiger partial charge in [0.1, 0.15) is 6.10 Å². The second kappa shape index (κ2) is 9.54. The molecule has 3 nitrogen and oxygen atoms in total. The van der Waals surface area contributed by atoms with Gasteiger partial charge >= 0.3 is 0 Å². The van der Waals surface area contributed by atoms with E-state index in [0.717, 1.165) is 30.6 Å². The van der Waals surface area contributed by atoms with Crippen molar-refractivity contribution in [3.8, 4) is 0 Å². The third-order valence-electron chi connectivity index (χ3n) is 6.32. The molecule has 1 saturated heterocycles. The zero-order valence-corrected chi connectivity index (χ0v) is 16.9. The summed E-state index contributed by atoms with van der Waals surface area (Å²) in [6, 6.07) is 9.60. The highest BCUT2D eigenvalue weighted by Crippen LogP contribution is 2.43. The van der Waals surface area contributed by atoms with E-state index < -0.39 is 0 Å². The van der Waals surface area contributed by atoms with E-state index >= 15 is 0 Å². The lowest BCUT2D eigenvalue weighted by Gasteiger charge is -2.24. The lowest BCUT2D eigenvalue weighted by atomic mass is 9.87. The van der Waals surface area contributed by atoms with Crippen LogP contribution in [-0.4, -0.2) is 24.6 Å². The van der Waals surface area contributed by atoms with Crippen molar-refractivity contribution in [1.82, 2.24) is 0 Å². The van der Waals surface area contributed by atoms with Crippen LogP contribution in [0.15, 0.2) is 42.7 Å². The third kappa shape index (κ3) is 5.01. The first-order valence-corrected chi connectivity index (χ1v) is 10.7. The van der Waals surface area contributed by atoms with E-state index in [-0.39, 0.29) is 18.0 Å². The summed E-state index contributed by atoms with van der Waals surface area (Å²) in [4.78, 5) is 12.6. The summed E-state index contributed by atoms with van der Waals surface area (Å²) in [7, 11) is 0. The molecule has 3 heteroatoms. The molecule has 0 bridgehead atoms. The van der Waals surface area contributed by atoms with E-state index in [1.807, 2.05) is 30.3 Å². The number of Topliss-reactive ketones (excluding diaryl/α,β-unsaturated/α-hetero) is 1. The van der Waals surface area contributed by atoms with Crippen molar-refractivity contribution in [1.29, 1.82) is 0 Å². The molecule has 5 atom stereocenters. The van der Waals surface area contributed by atoms with Gasteiger partial charge in [0.2, 0.25) is 0 Å². The standard InChI is InChI=1S/C24H34O3/c1-4-5-7-10-17(2)18(3)27-23-14-13-21-20(16-26-24(21)23)15-22(25)19-11-8-6-9-12-19/h6,8-9,11-12,17,20-21,23-24H,3-5,7,10,13-16H2,1-2H3/t17?,20-,21?,23-,24+/m1/s1. The number of rotatable bonds is 10. The molecule has 1 heterocycles. The van der Waals surface area contributed by atoms with Gasteiger partial charge in [-0.1, -0.05) is 70.0 Å². The summed E-state index contributed by atoms with van der Waals surface area (Å²) in [5, 5.41) is 0. The first kappa shape index (κ1) is 20.1. The highest BCUT2D eigenvalue weighted by Gasteiger charge is 2.47. The molecule has 2 unspecified atom stereocenters. The molecule has 2 aliphatic rings. The molecule has 1 aliphatic carbocycles. The molecule has 1 aromatic rings. The van der Waals surface area contributed by atoms with Gasteiger partial charge in [-0.15, -0.1) is 0 Å². The average molecular weight is 371 g/mol. The Bertz CT molecular complexity index is 624. The van der Waals surface area contributed by atoms with Crippen molar-refractivity contribution in [3.05, 3.63) is 48.2 Å². The molecular weight excluding hydrogens is 336 g/mol. The van der Waals surface area contributed by atoms with Gasteiger partial charge in [0.25, 0.3) is 0 Å². The minimum atomic E-state index is 0.105. The van der Waals surface area contributed by atoms with Crippen LogP contribution in [0.2, 0.25) is 0 Å². The molecule has 27 heavy (non-hydrogen) atoms. The van der Waals surface area contributed by atoms with Gasteiger partial charge in [-0.3, -0.25) is 4.79 Å². The molecule has 3 rings (SSSR count). The molecule has 0 spiro atoms. The number of hydrogen-bond donors (Lipinski definition) is 0. The number of carbonyl (C=O) groups excluding carboxylic acids is 1. The molecule has 0 aromatic heterocycles. The van der Waals surface area contributed by atoms with Crippen molar-refractivity contribution in [2.24, 2.45) is 17.8 Å². The highest BCUT2D eigenvalue weighted by atomic mass is 16.5. The van der Waals surface area contributed by atoms with E-state index in [1.54, 1.807) is 0 Å². The summed E-state index contributed by atoms with van der Waals surface area (Å²) in [6.45, 7) is 9.30. The van der Waals surface area contributed by atoms with Gasteiger partial charge in [0.05, 0.1) is 18.5 Å². The lowest BCUT2D eigenvalue weighted by molar-refractivity contribution is -0.0191. The van der Waals surface area contributed by atoms with Crippen LogP contribution >= 0.6 is 0 Å². The summed E-state index contributed by atoms with van der Waals surface area (Å²) in [5.74, 6) is 2.28. The molecular formula is C24H34O3. The van der Waals surface area contributed by atoms with Crippen LogP contribution in [0.4, 0.5) is 0 Å². The summed E-state index contributed by atoms with van der Waals surface area (Å²) >= 11 is 0. The fourth-order valence-electron chi connectivity index (χ4n) is 4.54. The Morgan fingerprint density at radius 2 is 2.04 bits per heavy atom. The molecule has 1 saturated carbocycles.